The molecular formula is C16H19ClN4O. The maximum Gasteiger partial charge on any atom is 0.273 e. The summed E-state index contributed by atoms with van der Waals surface area (Å²) in [6.07, 6.45) is 4.45. The van der Waals surface area contributed by atoms with E-state index in [1.807, 2.05) is 32.0 Å². The van der Waals surface area contributed by atoms with Crippen molar-refractivity contribution in [3.05, 3.63) is 40.2 Å². The molecule has 0 atom stereocenters. The SMILES string of the molecule is Cc1ccc(-n2nnc(C(=O)NC3CCCC3)c2C)cc1Cl. The Kier molecular flexibility index (Phi) is 4.16. The lowest BCUT2D eigenvalue weighted by atomic mass is 10.2. The van der Waals surface area contributed by atoms with E-state index < -0.39 is 0 Å². The number of carbonyl (C=O) groups excluding carboxylic acids is 1. The maximum absolute atomic E-state index is 12.3. The second-order valence-corrected chi connectivity index (χ2v) is 6.23. The Morgan fingerprint density at radius 1 is 1.32 bits per heavy atom. The number of amides is 1. The normalized spacial score (nSPS) is 15.2. The molecule has 0 saturated heterocycles. The molecule has 1 N–H and O–H groups in total. The monoisotopic (exact) mass is 318 g/mol. The van der Waals surface area contributed by atoms with E-state index in [9.17, 15) is 4.79 Å². The van der Waals surface area contributed by atoms with Gasteiger partial charge in [-0.1, -0.05) is 35.7 Å². The predicted molar refractivity (Wildman–Crippen MR) is 85.6 cm³/mol. The largest absolute Gasteiger partial charge is 0.348 e. The van der Waals surface area contributed by atoms with E-state index in [0.717, 1.165) is 29.8 Å². The summed E-state index contributed by atoms with van der Waals surface area (Å²) in [7, 11) is 0. The molecule has 116 valence electrons. The molecule has 1 heterocycles. The summed E-state index contributed by atoms with van der Waals surface area (Å²) in [5, 5.41) is 11.9. The first kappa shape index (κ1) is 15.0. The van der Waals surface area contributed by atoms with Gasteiger partial charge in [-0.05, 0) is 44.4 Å². The van der Waals surface area contributed by atoms with Crippen molar-refractivity contribution in [2.75, 3.05) is 0 Å². The van der Waals surface area contributed by atoms with Crippen LogP contribution in [0.5, 0.6) is 0 Å². The Bertz CT molecular complexity index is 704. The van der Waals surface area contributed by atoms with E-state index in [4.69, 9.17) is 11.6 Å². The van der Waals surface area contributed by atoms with E-state index >= 15 is 0 Å². The fourth-order valence-corrected chi connectivity index (χ4v) is 3.00. The molecule has 1 aromatic carbocycles. The summed E-state index contributed by atoms with van der Waals surface area (Å²) < 4.78 is 1.65. The molecule has 3 rings (SSSR count). The third kappa shape index (κ3) is 2.86. The van der Waals surface area contributed by atoms with Crippen LogP contribution in [0.25, 0.3) is 5.69 Å². The van der Waals surface area contributed by atoms with E-state index in [0.29, 0.717) is 10.7 Å². The van der Waals surface area contributed by atoms with Gasteiger partial charge in [-0.25, -0.2) is 4.68 Å². The predicted octanol–water partition coefficient (Wildman–Crippen LogP) is 3.21. The second kappa shape index (κ2) is 6.08. The molecule has 0 bridgehead atoms. The quantitative estimate of drug-likeness (QED) is 0.945. The van der Waals surface area contributed by atoms with Gasteiger partial charge in [0.15, 0.2) is 5.69 Å². The highest BCUT2D eigenvalue weighted by Gasteiger charge is 2.22. The van der Waals surface area contributed by atoms with Crippen LogP contribution in [0.1, 0.15) is 47.4 Å². The molecule has 0 aliphatic heterocycles. The Hall–Kier alpha value is -1.88. The zero-order chi connectivity index (χ0) is 15.7. The Morgan fingerprint density at radius 2 is 2.05 bits per heavy atom. The summed E-state index contributed by atoms with van der Waals surface area (Å²) in [4.78, 5) is 12.3. The molecule has 0 unspecified atom stereocenters. The van der Waals surface area contributed by atoms with E-state index in [1.54, 1.807) is 4.68 Å². The molecule has 1 fully saturated rings. The number of carbonyl (C=O) groups is 1. The number of hydrogen-bond donors (Lipinski definition) is 1. The third-order valence-electron chi connectivity index (χ3n) is 4.20. The van der Waals surface area contributed by atoms with Crippen LogP contribution in [0.15, 0.2) is 18.2 Å². The molecule has 2 aromatic rings. The fourth-order valence-electron chi connectivity index (χ4n) is 2.82. The summed E-state index contributed by atoms with van der Waals surface area (Å²) in [5.74, 6) is -0.145. The minimum Gasteiger partial charge on any atom is -0.348 e. The Morgan fingerprint density at radius 3 is 2.73 bits per heavy atom. The average Bonchev–Trinajstić information content (AvgIpc) is 3.11. The van der Waals surface area contributed by atoms with Gasteiger partial charge in [0.1, 0.15) is 0 Å². The number of aryl methyl sites for hydroxylation is 1. The maximum atomic E-state index is 12.3. The first-order valence-electron chi connectivity index (χ1n) is 7.56. The number of nitrogens with zero attached hydrogens (tertiary/aromatic N) is 3. The van der Waals surface area contributed by atoms with E-state index in [-0.39, 0.29) is 11.9 Å². The molecule has 1 amide bonds. The van der Waals surface area contributed by atoms with Crippen LogP contribution in [0.4, 0.5) is 0 Å². The van der Waals surface area contributed by atoms with Crippen molar-refractivity contribution < 1.29 is 4.79 Å². The smallest absolute Gasteiger partial charge is 0.273 e. The number of hydrogen-bond acceptors (Lipinski definition) is 3. The zero-order valence-electron chi connectivity index (χ0n) is 12.8. The highest BCUT2D eigenvalue weighted by molar-refractivity contribution is 6.31. The summed E-state index contributed by atoms with van der Waals surface area (Å²) in [5.41, 5.74) is 2.90. The standard InChI is InChI=1S/C16H19ClN4O/c1-10-7-8-13(9-14(10)17)21-11(2)15(19-20-21)16(22)18-12-5-3-4-6-12/h7-9,12H,3-6H2,1-2H3,(H,18,22). The molecule has 6 heteroatoms. The average molecular weight is 319 g/mol. The van der Waals surface area contributed by atoms with Crippen LogP contribution in [-0.2, 0) is 0 Å². The van der Waals surface area contributed by atoms with Crippen molar-refractivity contribution in [3.63, 3.8) is 0 Å². The number of nitrogens with one attached hydrogen (secondary N) is 1. The zero-order valence-corrected chi connectivity index (χ0v) is 13.5. The topological polar surface area (TPSA) is 59.8 Å². The lowest BCUT2D eigenvalue weighted by molar-refractivity contribution is 0.0932. The van der Waals surface area contributed by atoms with Crippen LogP contribution in [0, 0.1) is 13.8 Å². The van der Waals surface area contributed by atoms with Crippen molar-refractivity contribution in [1.29, 1.82) is 0 Å². The van der Waals surface area contributed by atoms with Gasteiger partial charge in [0.05, 0.1) is 11.4 Å². The molecule has 1 aliphatic rings. The first-order valence-corrected chi connectivity index (χ1v) is 7.94. The van der Waals surface area contributed by atoms with Gasteiger partial charge in [0.25, 0.3) is 5.91 Å². The second-order valence-electron chi connectivity index (χ2n) is 5.82. The van der Waals surface area contributed by atoms with Crippen molar-refractivity contribution in [3.8, 4) is 5.69 Å². The lowest BCUT2D eigenvalue weighted by Crippen LogP contribution is -2.33. The van der Waals surface area contributed by atoms with Crippen LogP contribution in [0.3, 0.4) is 0 Å². The van der Waals surface area contributed by atoms with Gasteiger partial charge in [0, 0.05) is 11.1 Å². The molecule has 5 nitrogen and oxygen atoms in total. The van der Waals surface area contributed by atoms with Gasteiger partial charge < -0.3 is 5.32 Å². The van der Waals surface area contributed by atoms with Gasteiger partial charge >= 0.3 is 0 Å². The van der Waals surface area contributed by atoms with Crippen molar-refractivity contribution in [2.24, 2.45) is 0 Å². The van der Waals surface area contributed by atoms with Crippen molar-refractivity contribution in [2.45, 2.75) is 45.6 Å². The van der Waals surface area contributed by atoms with Gasteiger partial charge in [-0.2, -0.15) is 0 Å². The van der Waals surface area contributed by atoms with Crippen LogP contribution < -0.4 is 5.32 Å². The molecule has 0 spiro atoms. The first-order chi connectivity index (χ1) is 10.6. The van der Waals surface area contributed by atoms with E-state index in [1.165, 1.54) is 12.8 Å². The summed E-state index contributed by atoms with van der Waals surface area (Å²) in [6.45, 7) is 3.79. The van der Waals surface area contributed by atoms with Gasteiger partial charge in [-0.3, -0.25) is 4.79 Å². The summed E-state index contributed by atoms with van der Waals surface area (Å²) in [6, 6.07) is 5.95. The number of aromatic nitrogens is 3. The molecule has 1 aromatic heterocycles. The lowest BCUT2D eigenvalue weighted by Gasteiger charge is -2.10. The highest BCUT2D eigenvalue weighted by Crippen LogP contribution is 2.21. The summed E-state index contributed by atoms with van der Waals surface area (Å²) >= 11 is 6.16. The van der Waals surface area contributed by atoms with Gasteiger partial charge in [-0.15, -0.1) is 5.10 Å². The van der Waals surface area contributed by atoms with E-state index in [2.05, 4.69) is 15.6 Å². The van der Waals surface area contributed by atoms with Crippen molar-refractivity contribution >= 4 is 17.5 Å². The van der Waals surface area contributed by atoms with Gasteiger partial charge in [0.2, 0.25) is 0 Å². The number of benzene rings is 1. The van der Waals surface area contributed by atoms with Crippen LogP contribution in [-0.4, -0.2) is 26.9 Å². The fraction of sp³-hybridized carbons (Fsp3) is 0.438. The van der Waals surface area contributed by atoms with Crippen LogP contribution in [0.2, 0.25) is 5.02 Å². The molecule has 1 saturated carbocycles. The number of halogens is 1. The molecule has 1 aliphatic carbocycles. The van der Waals surface area contributed by atoms with Crippen molar-refractivity contribution in [1.82, 2.24) is 20.3 Å². The third-order valence-corrected chi connectivity index (χ3v) is 4.61. The minimum absolute atomic E-state index is 0.145. The highest BCUT2D eigenvalue weighted by atomic mass is 35.5. The number of rotatable bonds is 3. The Labute approximate surface area is 134 Å². The molecule has 0 radical (unpaired) electrons. The molecular weight excluding hydrogens is 300 g/mol. The minimum atomic E-state index is -0.145. The Balaban J connectivity index is 1.84. The van der Waals surface area contributed by atoms with Crippen LogP contribution >= 0.6 is 11.6 Å². The molecule has 22 heavy (non-hydrogen) atoms.